The number of nitrogens with zero attached hydrogens (tertiary/aromatic N) is 2. The molecule has 0 spiro atoms. The summed E-state index contributed by atoms with van der Waals surface area (Å²) in [6.45, 7) is -2.74. The molecule has 0 aliphatic heterocycles. The van der Waals surface area contributed by atoms with E-state index in [2.05, 4.69) is 5.32 Å². The number of rotatable bonds is 6. The molecule has 1 amide bonds. The van der Waals surface area contributed by atoms with Crippen LogP contribution in [-0.4, -0.2) is 54.9 Å². The van der Waals surface area contributed by atoms with E-state index in [1.54, 1.807) is 6.07 Å². The summed E-state index contributed by atoms with van der Waals surface area (Å²) in [5.41, 5.74) is 0. The third-order valence-electron chi connectivity index (χ3n) is 1.55. The van der Waals surface area contributed by atoms with E-state index in [1.165, 1.54) is 0 Å². The van der Waals surface area contributed by atoms with Gasteiger partial charge >= 0.3 is 6.18 Å². The molecule has 2 N–H and O–H groups in total. The molecule has 0 aliphatic rings. The molecule has 0 atom stereocenters. The van der Waals surface area contributed by atoms with Gasteiger partial charge in [-0.2, -0.15) is 18.4 Å². The Bertz CT molecular complexity index is 262. The Labute approximate surface area is 90.4 Å². The number of aliphatic hydroxyl groups excluding tert-OH is 1. The zero-order chi connectivity index (χ0) is 12.6. The molecule has 8 heteroatoms. The van der Waals surface area contributed by atoms with Crippen molar-refractivity contribution in [1.29, 1.82) is 5.26 Å². The normalized spacial score (nSPS) is 11.2. The Balaban J connectivity index is 4.12. The van der Waals surface area contributed by atoms with Crippen molar-refractivity contribution >= 4 is 5.91 Å². The second kappa shape index (κ2) is 7.03. The van der Waals surface area contributed by atoms with E-state index in [9.17, 15) is 18.0 Å². The topological polar surface area (TPSA) is 76.4 Å². The Morgan fingerprint density at radius 3 is 2.56 bits per heavy atom. The molecule has 0 bridgehead atoms. The van der Waals surface area contributed by atoms with Gasteiger partial charge in [0.15, 0.2) is 0 Å². The van der Waals surface area contributed by atoms with Crippen LogP contribution >= 0.6 is 0 Å². The van der Waals surface area contributed by atoms with Crippen molar-refractivity contribution in [2.45, 2.75) is 6.18 Å². The molecule has 0 rings (SSSR count). The lowest BCUT2D eigenvalue weighted by molar-refractivity contribution is -0.149. The minimum Gasteiger partial charge on any atom is -0.395 e. The van der Waals surface area contributed by atoms with Gasteiger partial charge in [0.25, 0.3) is 0 Å². The van der Waals surface area contributed by atoms with Crippen LogP contribution in [0.2, 0.25) is 0 Å². The van der Waals surface area contributed by atoms with E-state index in [0.29, 0.717) is 0 Å². The van der Waals surface area contributed by atoms with Crippen molar-refractivity contribution in [3.63, 3.8) is 0 Å². The van der Waals surface area contributed by atoms with Gasteiger partial charge in [-0.1, -0.05) is 0 Å². The largest absolute Gasteiger partial charge is 0.401 e. The van der Waals surface area contributed by atoms with Crippen molar-refractivity contribution < 1.29 is 23.1 Å². The highest BCUT2D eigenvalue weighted by Gasteiger charge is 2.31. The van der Waals surface area contributed by atoms with Gasteiger partial charge in [-0.15, -0.1) is 0 Å². The second-order valence-electron chi connectivity index (χ2n) is 2.98. The van der Waals surface area contributed by atoms with Crippen LogP contribution in [0.1, 0.15) is 0 Å². The maximum absolute atomic E-state index is 12.0. The van der Waals surface area contributed by atoms with Crippen molar-refractivity contribution in [3.8, 4) is 6.07 Å². The van der Waals surface area contributed by atoms with Crippen molar-refractivity contribution in [2.75, 3.05) is 32.8 Å². The number of aliphatic hydroxyl groups is 1. The standard InChI is InChI=1S/C8H12F3N3O2/c9-8(10,11)6-14(3-4-15)5-7(16)13-2-1-12/h15H,2-6H2,(H,13,16). The molecule has 0 fully saturated rings. The van der Waals surface area contributed by atoms with Gasteiger partial charge in [-0.25, -0.2) is 0 Å². The molecule has 0 saturated heterocycles. The average Bonchev–Trinajstić information content (AvgIpc) is 2.12. The highest BCUT2D eigenvalue weighted by atomic mass is 19.4. The molecule has 92 valence electrons. The van der Waals surface area contributed by atoms with E-state index in [1.807, 2.05) is 0 Å². The number of carbonyl (C=O) groups excluding carboxylic acids is 1. The van der Waals surface area contributed by atoms with Crippen molar-refractivity contribution in [1.82, 2.24) is 10.2 Å². The van der Waals surface area contributed by atoms with Crippen LogP contribution in [0.4, 0.5) is 13.2 Å². The first-order valence-electron chi connectivity index (χ1n) is 4.42. The summed E-state index contributed by atoms with van der Waals surface area (Å²) in [6, 6.07) is 1.63. The van der Waals surface area contributed by atoms with Crippen molar-refractivity contribution in [2.24, 2.45) is 0 Å². The second-order valence-corrected chi connectivity index (χ2v) is 2.98. The van der Waals surface area contributed by atoms with Gasteiger partial charge in [0, 0.05) is 6.54 Å². The van der Waals surface area contributed by atoms with Gasteiger partial charge in [0.05, 0.1) is 25.8 Å². The monoisotopic (exact) mass is 239 g/mol. The summed E-state index contributed by atoms with van der Waals surface area (Å²) in [7, 11) is 0. The number of amides is 1. The molecule has 0 heterocycles. The predicted octanol–water partition coefficient (Wildman–Crippen LogP) is -0.517. The summed E-state index contributed by atoms with van der Waals surface area (Å²) < 4.78 is 36.1. The number of hydrogen-bond donors (Lipinski definition) is 2. The molecule has 0 aromatic heterocycles. The highest BCUT2D eigenvalue weighted by molar-refractivity contribution is 5.78. The zero-order valence-electron chi connectivity index (χ0n) is 8.42. The van der Waals surface area contributed by atoms with Crippen LogP contribution in [-0.2, 0) is 4.79 Å². The third kappa shape index (κ3) is 8.02. The van der Waals surface area contributed by atoms with Crippen LogP contribution in [0.25, 0.3) is 0 Å². The molecule has 5 nitrogen and oxygen atoms in total. The number of carbonyl (C=O) groups is 1. The van der Waals surface area contributed by atoms with Crippen LogP contribution in [0.15, 0.2) is 0 Å². The quantitative estimate of drug-likeness (QED) is 0.612. The fraction of sp³-hybridized carbons (Fsp3) is 0.750. The lowest BCUT2D eigenvalue weighted by Crippen LogP contribution is -2.43. The van der Waals surface area contributed by atoms with Gasteiger partial charge in [-0.05, 0) is 0 Å². The molecule has 0 radical (unpaired) electrons. The smallest absolute Gasteiger partial charge is 0.395 e. The van der Waals surface area contributed by atoms with Crippen molar-refractivity contribution in [3.05, 3.63) is 0 Å². The minimum atomic E-state index is -4.43. The lowest BCUT2D eigenvalue weighted by atomic mass is 10.4. The van der Waals surface area contributed by atoms with E-state index in [4.69, 9.17) is 10.4 Å². The van der Waals surface area contributed by atoms with Gasteiger partial charge in [0.1, 0.15) is 6.54 Å². The van der Waals surface area contributed by atoms with E-state index >= 15 is 0 Å². The van der Waals surface area contributed by atoms with Crippen LogP contribution in [0.3, 0.4) is 0 Å². The number of nitrogens with one attached hydrogen (secondary N) is 1. The first kappa shape index (κ1) is 14.7. The molecule has 0 aromatic carbocycles. The average molecular weight is 239 g/mol. The lowest BCUT2D eigenvalue weighted by Gasteiger charge is -2.21. The SMILES string of the molecule is N#CCNC(=O)CN(CCO)CC(F)(F)F. The maximum atomic E-state index is 12.0. The summed E-state index contributed by atoms with van der Waals surface area (Å²) in [5, 5.41) is 18.8. The molecular weight excluding hydrogens is 227 g/mol. The van der Waals surface area contributed by atoms with E-state index in [0.717, 1.165) is 4.90 Å². The van der Waals surface area contributed by atoms with Crippen LogP contribution in [0, 0.1) is 11.3 Å². The summed E-state index contributed by atoms with van der Waals surface area (Å²) in [4.78, 5) is 11.8. The minimum absolute atomic E-state index is 0.251. The summed E-state index contributed by atoms with van der Waals surface area (Å²) in [5.74, 6) is -0.681. The van der Waals surface area contributed by atoms with Gasteiger partial charge < -0.3 is 10.4 Å². The molecule has 0 aromatic rings. The molecule has 16 heavy (non-hydrogen) atoms. The summed E-state index contributed by atoms with van der Waals surface area (Å²) >= 11 is 0. The maximum Gasteiger partial charge on any atom is 0.401 e. The van der Waals surface area contributed by atoms with Crippen LogP contribution in [0.5, 0.6) is 0 Å². The highest BCUT2D eigenvalue weighted by Crippen LogP contribution is 2.15. The predicted molar refractivity (Wildman–Crippen MR) is 48.2 cm³/mol. The first-order valence-corrected chi connectivity index (χ1v) is 4.42. The Morgan fingerprint density at radius 2 is 2.12 bits per heavy atom. The summed E-state index contributed by atoms with van der Waals surface area (Å²) in [6.07, 6.45) is -4.43. The molecule has 0 saturated carbocycles. The van der Waals surface area contributed by atoms with Gasteiger partial charge in [0.2, 0.25) is 5.91 Å². The molecule has 0 aliphatic carbocycles. The first-order chi connectivity index (χ1) is 7.39. The fourth-order valence-electron chi connectivity index (χ4n) is 1.01. The molecular formula is C8H12F3N3O2. The third-order valence-corrected chi connectivity index (χ3v) is 1.55. The number of halogens is 3. The number of hydrogen-bond acceptors (Lipinski definition) is 4. The van der Waals surface area contributed by atoms with E-state index < -0.39 is 31.8 Å². The molecule has 0 unspecified atom stereocenters. The zero-order valence-corrected chi connectivity index (χ0v) is 8.42. The Hall–Kier alpha value is -1.33. The van der Waals surface area contributed by atoms with Crippen LogP contribution < -0.4 is 5.32 Å². The van der Waals surface area contributed by atoms with E-state index in [-0.39, 0.29) is 13.1 Å². The van der Waals surface area contributed by atoms with Gasteiger partial charge in [-0.3, -0.25) is 9.69 Å². The fourth-order valence-corrected chi connectivity index (χ4v) is 1.01. The number of alkyl halides is 3. The number of nitriles is 1. The Kier molecular flexibility index (Phi) is 6.44. The Morgan fingerprint density at radius 1 is 1.50 bits per heavy atom.